The molecule has 9 nitrogen and oxygen atoms in total. The van der Waals surface area contributed by atoms with Gasteiger partial charge in [-0.15, -0.1) is 0 Å². The van der Waals surface area contributed by atoms with Gasteiger partial charge in [0.05, 0.1) is 13.0 Å². The zero-order chi connectivity index (χ0) is 24.3. The lowest BCUT2D eigenvalue weighted by molar-refractivity contribution is -0.129. The summed E-state index contributed by atoms with van der Waals surface area (Å²) in [7, 11) is 0. The summed E-state index contributed by atoms with van der Waals surface area (Å²) in [6.45, 7) is 7.84. The van der Waals surface area contributed by atoms with Gasteiger partial charge in [0.2, 0.25) is 5.91 Å². The largest absolute Gasteiger partial charge is 0.395 e. The Bertz CT molecular complexity index is 1090. The van der Waals surface area contributed by atoms with Gasteiger partial charge in [0.1, 0.15) is 11.9 Å². The number of aliphatic hydroxyl groups is 2. The second-order valence-electron chi connectivity index (χ2n) is 8.43. The zero-order valence-corrected chi connectivity index (χ0v) is 18.7. The maximum absolute atomic E-state index is 13.0. The number of nitrogens with one attached hydrogen (secondary N) is 3. The Morgan fingerprint density at radius 1 is 1.24 bits per heavy atom. The van der Waals surface area contributed by atoms with Crippen molar-refractivity contribution in [1.82, 2.24) is 0 Å². The van der Waals surface area contributed by atoms with E-state index in [1.165, 1.54) is 4.90 Å². The predicted molar refractivity (Wildman–Crippen MR) is 128 cm³/mol. The molecule has 0 aromatic heterocycles. The van der Waals surface area contributed by atoms with Gasteiger partial charge in [0.25, 0.3) is 5.91 Å². The van der Waals surface area contributed by atoms with Crippen molar-refractivity contribution in [3.05, 3.63) is 65.9 Å². The molecule has 0 spiro atoms. The summed E-state index contributed by atoms with van der Waals surface area (Å²) >= 11 is 0. The second kappa shape index (κ2) is 9.43. The standard InChI is InChI=1S/C24H29N5O4/c1-14-24(2,3)18-12-17(8-9-19(18)27-14)29(10-11-30)21(32)13-20(31)23(33)28-16-6-4-15(5-7-16)22(25)26/h4-9,12,20,27,30-31H,1,10-11,13H2,2-3H3,(H3,25,26)(H,28,33)/t20-/m1/s1. The number of nitrogens with two attached hydrogens (primary N) is 1. The Morgan fingerprint density at radius 2 is 1.91 bits per heavy atom. The number of benzene rings is 2. The molecule has 1 aliphatic heterocycles. The highest BCUT2D eigenvalue weighted by Gasteiger charge is 2.34. The predicted octanol–water partition coefficient (Wildman–Crippen LogP) is 1.90. The van der Waals surface area contributed by atoms with Crippen LogP contribution in [0.3, 0.4) is 0 Å². The van der Waals surface area contributed by atoms with Gasteiger partial charge in [-0.1, -0.05) is 20.4 Å². The minimum atomic E-state index is -1.58. The van der Waals surface area contributed by atoms with Crippen molar-refractivity contribution in [1.29, 1.82) is 5.41 Å². The van der Waals surface area contributed by atoms with Crippen LogP contribution in [0, 0.1) is 5.41 Å². The van der Waals surface area contributed by atoms with E-state index in [1.807, 2.05) is 26.0 Å². The number of fused-ring (bicyclic) bond motifs is 1. The molecule has 0 radical (unpaired) electrons. The number of nitrogens with zero attached hydrogens (tertiary/aromatic N) is 1. The summed E-state index contributed by atoms with van der Waals surface area (Å²) < 4.78 is 0. The molecule has 0 unspecified atom stereocenters. The van der Waals surface area contributed by atoms with E-state index in [-0.39, 0.29) is 24.4 Å². The van der Waals surface area contributed by atoms with E-state index in [2.05, 4.69) is 17.2 Å². The molecule has 2 amide bonds. The van der Waals surface area contributed by atoms with Gasteiger partial charge in [-0.25, -0.2) is 0 Å². The van der Waals surface area contributed by atoms with E-state index in [9.17, 15) is 19.8 Å². The number of aliphatic hydroxyl groups excluding tert-OH is 2. The number of carbonyl (C=O) groups is 2. The Hall–Kier alpha value is -3.69. The minimum Gasteiger partial charge on any atom is -0.395 e. The van der Waals surface area contributed by atoms with E-state index in [1.54, 1.807) is 30.3 Å². The molecule has 33 heavy (non-hydrogen) atoms. The van der Waals surface area contributed by atoms with Crippen LogP contribution >= 0.6 is 0 Å². The number of anilines is 3. The number of nitrogen functional groups attached to an aromatic ring is 1. The highest BCUT2D eigenvalue weighted by molar-refractivity contribution is 6.01. The van der Waals surface area contributed by atoms with Crippen LogP contribution < -0.4 is 21.3 Å². The highest BCUT2D eigenvalue weighted by atomic mass is 16.3. The summed E-state index contributed by atoms with van der Waals surface area (Å²) in [5.74, 6) is -1.34. The summed E-state index contributed by atoms with van der Waals surface area (Å²) in [5, 5.41) is 33.0. The summed E-state index contributed by atoms with van der Waals surface area (Å²) in [5.41, 5.74) is 9.25. The van der Waals surface area contributed by atoms with Crippen molar-refractivity contribution >= 4 is 34.7 Å². The average Bonchev–Trinajstić information content (AvgIpc) is 3.00. The lowest BCUT2D eigenvalue weighted by atomic mass is 9.84. The quantitative estimate of drug-likeness (QED) is 0.266. The number of amides is 2. The zero-order valence-electron chi connectivity index (χ0n) is 18.7. The maximum atomic E-state index is 13.0. The molecule has 7 N–H and O–H groups in total. The van der Waals surface area contributed by atoms with Crippen LogP contribution in [0.25, 0.3) is 0 Å². The smallest absolute Gasteiger partial charge is 0.253 e. The minimum absolute atomic E-state index is 0.0211. The molecule has 0 aliphatic carbocycles. The Kier molecular flexibility index (Phi) is 6.85. The van der Waals surface area contributed by atoms with E-state index >= 15 is 0 Å². The van der Waals surface area contributed by atoms with Gasteiger partial charge < -0.3 is 31.5 Å². The van der Waals surface area contributed by atoms with Crippen molar-refractivity contribution in [3.8, 4) is 0 Å². The molecule has 2 aromatic carbocycles. The first-order valence-corrected chi connectivity index (χ1v) is 10.5. The summed E-state index contributed by atoms with van der Waals surface area (Å²) in [6, 6.07) is 11.7. The van der Waals surface area contributed by atoms with E-state index in [0.29, 0.717) is 16.9 Å². The van der Waals surface area contributed by atoms with Crippen LogP contribution in [0.1, 0.15) is 31.4 Å². The molecule has 0 bridgehead atoms. The summed E-state index contributed by atoms with van der Waals surface area (Å²) in [4.78, 5) is 26.7. The van der Waals surface area contributed by atoms with Gasteiger partial charge in [-0.2, -0.15) is 0 Å². The fraction of sp³-hybridized carbons (Fsp3) is 0.292. The van der Waals surface area contributed by atoms with Gasteiger partial charge in [-0.05, 0) is 48.0 Å². The Labute approximate surface area is 192 Å². The lowest BCUT2D eigenvalue weighted by Gasteiger charge is -2.25. The van der Waals surface area contributed by atoms with Crippen LogP contribution in [-0.4, -0.2) is 47.1 Å². The van der Waals surface area contributed by atoms with Crippen LogP contribution in [0.4, 0.5) is 17.1 Å². The van der Waals surface area contributed by atoms with Gasteiger partial charge >= 0.3 is 0 Å². The molecular formula is C24H29N5O4. The number of carbonyl (C=O) groups excluding carboxylic acids is 2. The monoisotopic (exact) mass is 451 g/mol. The van der Waals surface area contributed by atoms with Crippen LogP contribution in [-0.2, 0) is 15.0 Å². The van der Waals surface area contributed by atoms with E-state index < -0.39 is 24.3 Å². The van der Waals surface area contributed by atoms with Crippen molar-refractivity contribution in [2.45, 2.75) is 31.8 Å². The van der Waals surface area contributed by atoms with E-state index in [0.717, 1.165) is 16.9 Å². The molecular weight excluding hydrogens is 422 g/mol. The van der Waals surface area contributed by atoms with Gasteiger partial charge in [-0.3, -0.25) is 15.0 Å². The molecule has 0 saturated carbocycles. The first-order valence-electron chi connectivity index (χ1n) is 10.5. The SMILES string of the molecule is C=C1Nc2ccc(N(CCO)C(=O)C[C@@H](O)C(=O)Nc3ccc(C(=N)N)cc3)cc2C1(C)C. The van der Waals surface area contributed by atoms with Crippen LogP contribution in [0.2, 0.25) is 0 Å². The van der Waals surface area contributed by atoms with Crippen molar-refractivity contribution in [2.75, 3.05) is 28.7 Å². The highest BCUT2D eigenvalue weighted by Crippen LogP contribution is 2.43. The number of hydrogen-bond acceptors (Lipinski definition) is 6. The Morgan fingerprint density at radius 3 is 2.52 bits per heavy atom. The van der Waals surface area contributed by atoms with Gasteiger partial charge in [0, 0.05) is 40.3 Å². The molecule has 1 atom stereocenters. The summed E-state index contributed by atoms with van der Waals surface area (Å²) in [6.07, 6.45) is -2.04. The Balaban J connectivity index is 1.71. The topological polar surface area (TPSA) is 152 Å². The molecule has 1 heterocycles. The molecule has 174 valence electrons. The third-order valence-corrected chi connectivity index (χ3v) is 5.79. The molecule has 2 aromatic rings. The first kappa shape index (κ1) is 24.0. The molecule has 0 fully saturated rings. The van der Waals surface area contributed by atoms with Gasteiger partial charge in [0.15, 0.2) is 0 Å². The molecule has 0 saturated heterocycles. The molecule has 9 heteroatoms. The number of hydrogen-bond donors (Lipinski definition) is 6. The first-order chi connectivity index (χ1) is 15.5. The lowest BCUT2D eigenvalue weighted by Crippen LogP contribution is -2.39. The maximum Gasteiger partial charge on any atom is 0.253 e. The average molecular weight is 452 g/mol. The molecule has 1 aliphatic rings. The van der Waals surface area contributed by atoms with Crippen LogP contribution in [0.15, 0.2) is 54.7 Å². The number of allylic oxidation sites excluding steroid dienone is 1. The number of rotatable bonds is 8. The third-order valence-electron chi connectivity index (χ3n) is 5.79. The second-order valence-corrected chi connectivity index (χ2v) is 8.43. The third kappa shape index (κ3) is 5.05. The van der Waals surface area contributed by atoms with Crippen LogP contribution in [0.5, 0.6) is 0 Å². The fourth-order valence-electron chi connectivity index (χ4n) is 3.63. The molecule has 3 rings (SSSR count). The van der Waals surface area contributed by atoms with Crippen molar-refractivity contribution < 1.29 is 19.8 Å². The number of amidine groups is 1. The van der Waals surface area contributed by atoms with E-state index in [4.69, 9.17) is 11.1 Å². The fourth-order valence-corrected chi connectivity index (χ4v) is 3.63. The van der Waals surface area contributed by atoms with Crippen molar-refractivity contribution in [2.24, 2.45) is 5.73 Å². The normalized spacial score (nSPS) is 14.7. The van der Waals surface area contributed by atoms with Crippen molar-refractivity contribution in [3.63, 3.8) is 0 Å².